The average molecular weight is 566 g/mol. The fraction of sp³-hybridized carbons (Fsp3) is 0.258. The summed E-state index contributed by atoms with van der Waals surface area (Å²) in [6, 6.07) is 18.6. The summed E-state index contributed by atoms with van der Waals surface area (Å²) in [4.78, 5) is 30.1. The first-order valence-corrected chi connectivity index (χ1v) is 13.5. The van der Waals surface area contributed by atoms with E-state index in [1.54, 1.807) is 16.7 Å². The summed E-state index contributed by atoms with van der Waals surface area (Å²) in [5.41, 5.74) is -0.646. The number of nitrogens with one attached hydrogen (secondary N) is 1. The molecule has 6 nitrogen and oxygen atoms in total. The van der Waals surface area contributed by atoms with Crippen molar-refractivity contribution in [1.29, 1.82) is 0 Å². The van der Waals surface area contributed by atoms with Gasteiger partial charge in [0.2, 0.25) is 5.43 Å². The molecule has 0 saturated heterocycles. The van der Waals surface area contributed by atoms with Gasteiger partial charge in [0, 0.05) is 23.5 Å². The van der Waals surface area contributed by atoms with Crippen LogP contribution >= 0.6 is 9.24 Å². The SMILES string of the molecule is C=C(O)C(C)(C)Cc1ccc(-c2cccc(-n3cc(C(=O)NCC(F)(F)P)c(=O)c4cccnc43)c2)cc1.CC. The Bertz CT molecular complexity index is 1580. The van der Waals surface area contributed by atoms with Gasteiger partial charge in [0.25, 0.3) is 11.6 Å². The number of hydrogen-bond donors (Lipinski definition) is 2. The molecule has 0 fully saturated rings. The molecule has 40 heavy (non-hydrogen) atoms. The Kier molecular flexibility index (Phi) is 9.59. The van der Waals surface area contributed by atoms with E-state index in [4.69, 9.17) is 0 Å². The van der Waals surface area contributed by atoms with Crippen LogP contribution in [0.5, 0.6) is 0 Å². The van der Waals surface area contributed by atoms with Crippen LogP contribution in [-0.2, 0) is 6.42 Å². The molecule has 0 bridgehead atoms. The molecule has 4 rings (SSSR count). The maximum absolute atomic E-state index is 13.3. The molecule has 1 amide bonds. The highest BCUT2D eigenvalue weighted by atomic mass is 31.0. The summed E-state index contributed by atoms with van der Waals surface area (Å²) in [6.45, 7) is 10.6. The fourth-order valence-corrected chi connectivity index (χ4v) is 4.18. The zero-order valence-corrected chi connectivity index (χ0v) is 24.2. The molecule has 0 aliphatic heterocycles. The number of aliphatic hydroxyl groups is 1. The van der Waals surface area contributed by atoms with E-state index in [-0.39, 0.29) is 16.7 Å². The summed E-state index contributed by atoms with van der Waals surface area (Å²) in [5, 5.41) is 12.2. The van der Waals surface area contributed by atoms with Crippen molar-refractivity contribution in [3.8, 4) is 16.8 Å². The van der Waals surface area contributed by atoms with Crippen LogP contribution in [0.25, 0.3) is 27.8 Å². The number of hydrogen-bond acceptors (Lipinski definition) is 4. The highest BCUT2D eigenvalue weighted by Crippen LogP contribution is 2.30. The Morgan fingerprint density at radius 1 is 1.07 bits per heavy atom. The Labute approximate surface area is 235 Å². The van der Waals surface area contributed by atoms with Crippen LogP contribution in [0, 0.1) is 5.41 Å². The van der Waals surface area contributed by atoms with E-state index >= 15 is 0 Å². The van der Waals surface area contributed by atoms with Gasteiger partial charge in [-0.3, -0.25) is 9.59 Å². The highest BCUT2D eigenvalue weighted by molar-refractivity contribution is 7.18. The second-order valence-corrected chi connectivity index (χ2v) is 10.7. The molecule has 1 atom stereocenters. The average Bonchev–Trinajstić information content (AvgIpc) is 2.93. The molecule has 0 saturated carbocycles. The van der Waals surface area contributed by atoms with E-state index in [1.807, 2.05) is 76.2 Å². The molecule has 0 aliphatic carbocycles. The van der Waals surface area contributed by atoms with Gasteiger partial charge in [-0.25, -0.2) is 13.8 Å². The second-order valence-electron chi connectivity index (χ2n) is 9.81. The molecule has 2 aromatic heterocycles. The number of amides is 1. The van der Waals surface area contributed by atoms with E-state index in [2.05, 4.69) is 16.9 Å². The number of allylic oxidation sites excluding steroid dienone is 1. The van der Waals surface area contributed by atoms with Crippen LogP contribution in [0.3, 0.4) is 0 Å². The van der Waals surface area contributed by atoms with Crippen molar-refractivity contribution in [2.45, 2.75) is 39.8 Å². The molecule has 2 heterocycles. The molecule has 0 spiro atoms. The van der Waals surface area contributed by atoms with Crippen LogP contribution in [0.15, 0.2) is 90.2 Å². The van der Waals surface area contributed by atoms with Gasteiger partial charge in [0.1, 0.15) is 11.2 Å². The highest BCUT2D eigenvalue weighted by Gasteiger charge is 2.24. The van der Waals surface area contributed by atoms with Gasteiger partial charge >= 0.3 is 0 Å². The zero-order chi connectivity index (χ0) is 29.7. The number of fused-ring (bicyclic) bond motifs is 1. The number of pyridine rings is 2. The summed E-state index contributed by atoms with van der Waals surface area (Å²) in [6.07, 6.45) is 3.50. The lowest BCUT2D eigenvalue weighted by Crippen LogP contribution is -2.35. The lowest BCUT2D eigenvalue weighted by molar-refractivity contribution is 0.0804. The van der Waals surface area contributed by atoms with E-state index in [9.17, 15) is 23.5 Å². The first-order chi connectivity index (χ1) is 18.9. The molecule has 0 radical (unpaired) electrons. The van der Waals surface area contributed by atoms with Crippen molar-refractivity contribution in [2.24, 2.45) is 5.41 Å². The third-order valence-electron chi connectivity index (χ3n) is 6.33. The Balaban J connectivity index is 0.00000216. The minimum atomic E-state index is -3.20. The predicted octanol–water partition coefficient (Wildman–Crippen LogP) is 6.92. The number of carbonyl (C=O) groups is 1. The molecule has 0 aliphatic rings. The van der Waals surface area contributed by atoms with Gasteiger partial charge in [-0.05, 0) is 47.4 Å². The molecular formula is C31H34F2N3O3P. The largest absolute Gasteiger partial charge is 0.512 e. The molecule has 2 aromatic carbocycles. The predicted molar refractivity (Wildman–Crippen MR) is 160 cm³/mol. The summed E-state index contributed by atoms with van der Waals surface area (Å²) >= 11 is 0. The van der Waals surface area contributed by atoms with Crippen molar-refractivity contribution < 1.29 is 18.7 Å². The number of carbonyl (C=O) groups excluding carboxylic acids is 1. The standard InChI is InChI=1S/C29H28F2N3O3P.C2H6/c1-18(35)28(2,3)15-19-9-11-20(12-10-19)21-6-4-7-22(14-21)34-16-24(27(37)33-17-29(30,31)38)25(36)23-8-5-13-32-26(23)34;1-2/h4-14,16,35H,1,15,17,38H2,2-3H3,(H,33,37);1-2H3. The molecule has 1 unspecified atom stereocenters. The number of halogens is 2. The van der Waals surface area contributed by atoms with Crippen molar-refractivity contribution in [3.05, 3.63) is 107 Å². The topological polar surface area (TPSA) is 84.2 Å². The fourth-order valence-electron chi connectivity index (χ4n) is 4.07. The molecule has 210 valence electrons. The van der Waals surface area contributed by atoms with Crippen LogP contribution in [0.4, 0.5) is 8.78 Å². The number of benzene rings is 2. The summed E-state index contributed by atoms with van der Waals surface area (Å²) in [5.74, 6) is -0.761. The van der Waals surface area contributed by atoms with Gasteiger partial charge in [-0.15, -0.1) is 0 Å². The van der Waals surface area contributed by atoms with Gasteiger partial charge in [-0.1, -0.05) is 79.9 Å². The third kappa shape index (κ3) is 7.19. The van der Waals surface area contributed by atoms with Crippen LogP contribution in [-0.4, -0.2) is 32.8 Å². The minimum Gasteiger partial charge on any atom is -0.512 e. The number of rotatable bonds is 8. The van der Waals surface area contributed by atoms with Crippen molar-refractivity contribution in [3.63, 3.8) is 0 Å². The monoisotopic (exact) mass is 565 g/mol. The van der Waals surface area contributed by atoms with E-state index in [0.717, 1.165) is 16.7 Å². The molecular weight excluding hydrogens is 531 g/mol. The lowest BCUT2D eigenvalue weighted by atomic mass is 9.84. The number of aliphatic hydroxyl groups excluding tert-OH is 1. The zero-order valence-electron chi connectivity index (χ0n) is 23.0. The molecule has 4 aromatic rings. The maximum Gasteiger partial charge on any atom is 0.275 e. The van der Waals surface area contributed by atoms with Crippen molar-refractivity contribution in [2.75, 3.05) is 6.54 Å². The Morgan fingerprint density at radius 3 is 2.38 bits per heavy atom. The number of nitrogens with zero attached hydrogens (tertiary/aromatic N) is 2. The van der Waals surface area contributed by atoms with Crippen LogP contribution in [0.2, 0.25) is 0 Å². The first-order valence-electron chi connectivity index (χ1n) is 12.9. The molecule has 2 N–H and O–H groups in total. The van der Waals surface area contributed by atoms with Gasteiger partial charge in [0.05, 0.1) is 17.7 Å². The number of aromatic nitrogens is 2. The van der Waals surface area contributed by atoms with Gasteiger partial charge in [-0.2, -0.15) is 0 Å². The van der Waals surface area contributed by atoms with E-state index in [0.29, 0.717) is 17.8 Å². The Hall–Kier alpha value is -3.90. The van der Waals surface area contributed by atoms with Crippen LogP contribution < -0.4 is 10.7 Å². The summed E-state index contributed by atoms with van der Waals surface area (Å²) in [7, 11) is 1.36. The Morgan fingerprint density at radius 2 is 1.75 bits per heavy atom. The van der Waals surface area contributed by atoms with E-state index < -0.39 is 29.0 Å². The first kappa shape index (κ1) is 30.6. The minimum absolute atomic E-state index is 0.131. The van der Waals surface area contributed by atoms with Crippen molar-refractivity contribution in [1.82, 2.24) is 14.9 Å². The quantitative estimate of drug-likeness (QED) is 0.180. The lowest BCUT2D eigenvalue weighted by Gasteiger charge is -2.23. The van der Waals surface area contributed by atoms with Gasteiger partial charge in [0.15, 0.2) is 0 Å². The normalized spacial score (nSPS) is 11.5. The van der Waals surface area contributed by atoms with Gasteiger partial charge < -0.3 is 15.0 Å². The number of alkyl halides is 2. The second kappa shape index (κ2) is 12.5. The smallest absolute Gasteiger partial charge is 0.275 e. The summed E-state index contributed by atoms with van der Waals surface area (Å²) < 4.78 is 28.2. The maximum atomic E-state index is 13.3. The van der Waals surface area contributed by atoms with Crippen LogP contribution in [0.1, 0.15) is 43.6 Å². The van der Waals surface area contributed by atoms with Crippen molar-refractivity contribution >= 4 is 26.2 Å². The third-order valence-corrected chi connectivity index (χ3v) is 6.53. The molecule has 9 heteroatoms. The van der Waals surface area contributed by atoms with E-state index in [1.165, 1.54) is 21.6 Å².